The maximum Gasteiger partial charge on any atom is 0.415 e. The highest BCUT2D eigenvalue weighted by atomic mass is 32.2. The monoisotopic (exact) mass is 301 g/mol. The van der Waals surface area contributed by atoms with E-state index in [1.54, 1.807) is 4.72 Å². The molecular weight excluding hydrogens is 290 g/mol. The van der Waals surface area contributed by atoms with E-state index in [9.17, 15) is 26.0 Å². The number of aliphatic hydroxyl groups is 1. The average Bonchev–Trinajstić information content (AvgIpc) is 2.28. The molecule has 0 heterocycles. The minimum atomic E-state index is -4.93. The van der Waals surface area contributed by atoms with Crippen molar-refractivity contribution in [3.63, 3.8) is 0 Å². The van der Waals surface area contributed by atoms with Crippen molar-refractivity contribution in [1.82, 2.24) is 4.72 Å². The molecule has 1 aromatic carbocycles. The predicted octanol–water partition coefficient (Wildman–Crippen LogP) is 1.34. The van der Waals surface area contributed by atoms with Gasteiger partial charge in [0, 0.05) is 6.54 Å². The summed E-state index contributed by atoms with van der Waals surface area (Å²) in [5, 5.41) is 8.69. The molecule has 19 heavy (non-hydrogen) atoms. The van der Waals surface area contributed by atoms with Gasteiger partial charge in [-0.15, -0.1) is 0 Å². The molecule has 0 spiro atoms. The molecule has 0 saturated heterocycles. The number of alkyl halides is 3. The number of halogens is 4. The second-order valence-corrected chi connectivity index (χ2v) is 5.55. The number of hydrogen-bond donors (Lipinski definition) is 2. The topological polar surface area (TPSA) is 66.4 Å². The van der Waals surface area contributed by atoms with Crippen LogP contribution >= 0.6 is 0 Å². The van der Waals surface area contributed by atoms with Crippen LogP contribution in [0.4, 0.5) is 17.6 Å². The Morgan fingerprint density at radius 3 is 2.47 bits per heavy atom. The number of aryl methyl sites for hydroxylation is 1. The van der Waals surface area contributed by atoms with Crippen LogP contribution in [0, 0.1) is 12.7 Å². The van der Waals surface area contributed by atoms with Gasteiger partial charge in [-0.25, -0.2) is 17.5 Å². The maximum atomic E-state index is 12.9. The third-order valence-corrected chi connectivity index (χ3v) is 3.85. The van der Waals surface area contributed by atoms with E-state index in [1.807, 2.05) is 0 Å². The lowest BCUT2D eigenvalue weighted by atomic mass is 10.2. The van der Waals surface area contributed by atoms with Crippen LogP contribution in [0.15, 0.2) is 23.1 Å². The first kappa shape index (κ1) is 15.9. The van der Waals surface area contributed by atoms with Gasteiger partial charge in [0.25, 0.3) is 0 Å². The Labute approximate surface area is 107 Å². The van der Waals surface area contributed by atoms with E-state index in [2.05, 4.69) is 0 Å². The zero-order valence-electron chi connectivity index (χ0n) is 9.70. The molecule has 0 fully saturated rings. The number of aliphatic hydroxyl groups excluding tert-OH is 1. The number of rotatable bonds is 4. The van der Waals surface area contributed by atoms with Crippen molar-refractivity contribution in [1.29, 1.82) is 0 Å². The summed E-state index contributed by atoms with van der Waals surface area (Å²) in [7, 11) is -4.32. The first-order chi connectivity index (χ1) is 8.54. The predicted molar refractivity (Wildman–Crippen MR) is 58.4 cm³/mol. The van der Waals surface area contributed by atoms with E-state index in [1.165, 1.54) is 13.0 Å². The molecule has 2 N–H and O–H groups in total. The Bertz CT molecular complexity index is 556. The summed E-state index contributed by atoms with van der Waals surface area (Å²) >= 11 is 0. The number of benzene rings is 1. The first-order valence-corrected chi connectivity index (χ1v) is 6.53. The molecule has 1 atom stereocenters. The van der Waals surface area contributed by atoms with Gasteiger partial charge in [0.15, 0.2) is 6.10 Å². The van der Waals surface area contributed by atoms with Crippen LogP contribution in [0.2, 0.25) is 0 Å². The van der Waals surface area contributed by atoms with Crippen molar-refractivity contribution in [3.05, 3.63) is 29.6 Å². The minimum absolute atomic E-state index is 0.176. The summed E-state index contributed by atoms with van der Waals surface area (Å²) in [4.78, 5) is -0.470. The molecule has 0 aliphatic heterocycles. The quantitative estimate of drug-likeness (QED) is 0.825. The van der Waals surface area contributed by atoms with Crippen molar-refractivity contribution in [2.75, 3.05) is 6.54 Å². The fourth-order valence-corrected chi connectivity index (χ4v) is 2.54. The van der Waals surface area contributed by atoms with Crippen LogP contribution in [0.5, 0.6) is 0 Å². The van der Waals surface area contributed by atoms with E-state index < -0.39 is 39.6 Å². The zero-order valence-corrected chi connectivity index (χ0v) is 10.5. The second kappa shape index (κ2) is 5.43. The third-order valence-electron chi connectivity index (χ3n) is 2.28. The summed E-state index contributed by atoms with van der Waals surface area (Å²) in [6.45, 7) is 0.135. The second-order valence-electron chi connectivity index (χ2n) is 3.82. The minimum Gasteiger partial charge on any atom is -0.382 e. The van der Waals surface area contributed by atoms with Gasteiger partial charge in [-0.1, -0.05) is 6.07 Å². The molecule has 0 radical (unpaired) electrons. The number of hydrogen-bond acceptors (Lipinski definition) is 3. The molecule has 0 saturated carbocycles. The molecular formula is C10H11F4NO3S. The van der Waals surface area contributed by atoms with Crippen LogP contribution in [0.1, 0.15) is 5.56 Å². The molecule has 0 amide bonds. The lowest BCUT2D eigenvalue weighted by molar-refractivity contribution is -0.200. The van der Waals surface area contributed by atoms with Crippen molar-refractivity contribution < 1.29 is 31.1 Å². The van der Waals surface area contributed by atoms with Gasteiger partial charge in [-0.2, -0.15) is 13.2 Å². The van der Waals surface area contributed by atoms with Gasteiger partial charge < -0.3 is 5.11 Å². The molecule has 0 bridgehead atoms. The van der Waals surface area contributed by atoms with Gasteiger partial charge in [0.1, 0.15) is 5.82 Å². The normalized spacial score (nSPS) is 14.4. The Morgan fingerprint density at radius 2 is 1.95 bits per heavy atom. The van der Waals surface area contributed by atoms with Gasteiger partial charge in [-0.05, 0) is 24.6 Å². The fraction of sp³-hybridized carbons (Fsp3) is 0.400. The van der Waals surface area contributed by atoms with Crippen molar-refractivity contribution in [2.24, 2.45) is 0 Å². The van der Waals surface area contributed by atoms with Crippen LogP contribution in [0.25, 0.3) is 0 Å². The Morgan fingerprint density at radius 1 is 1.37 bits per heavy atom. The van der Waals surface area contributed by atoms with E-state index in [0.29, 0.717) is 6.07 Å². The standard InChI is InChI=1S/C10H11F4NO3S/c1-6-2-3-7(11)4-8(6)19(17,18)15-5-9(16)10(12,13)14/h2-4,9,15-16H,5H2,1H3. The fourth-order valence-electron chi connectivity index (χ4n) is 1.25. The maximum absolute atomic E-state index is 12.9. The molecule has 1 rings (SSSR count). The molecule has 4 nitrogen and oxygen atoms in total. The Hall–Kier alpha value is -1.19. The molecule has 0 aliphatic carbocycles. The molecule has 108 valence electrons. The Kier molecular flexibility index (Phi) is 4.54. The van der Waals surface area contributed by atoms with Gasteiger partial charge in [0.05, 0.1) is 4.90 Å². The lowest BCUT2D eigenvalue weighted by Crippen LogP contribution is -2.40. The van der Waals surface area contributed by atoms with E-state index in [-0.39, 0.29) is 5.56 Å². The molecule has 0 aliphatic rings. The summed E-state index contributed by atoms with van der Waals surface area (Å²) in [6.07, 6.45) is -7.75. The van der Waals surface area contributed by atoms with Crippen LogP contribution in [-0.2, 0) is 10.0 Å². The SMILES string of the molecule is Cc1ccc(F)cc1S(=O)(=O)NCC(O)C(F)(F)F. The molecule has 1 aromatic rings. The summed E-state index contributed by atoms with van der Waals surface area (Å²) in [6, 6.07) is 2.90. The van der Waals surface area contributed by atoms with E-state index in [4.69, 9.17) is 5.11 Å². The summed E-state index contributed by atoms with van der Waals surface area (Å²) in [5.41, 5.74) is 0.176. The van der Waals surface area contributed by atoms with Gasteiger partial charge >= 0.3 is 6.18 Å². The van der Waals surface area contributed by atoms with Gasteiger partial charge in [0.2, 0.25) is 10.0 Å². The summed E-state index contributed by atoms with van der Waals surface area (Å²) < 4.78 is 74.0. The van der Waals surface area contributed by atoms with Crippen molar-refractivity contribution >= 4 is 10.0 Å². The van der Waals surface area contributed by atoms with Crippen molar-refractivity contribution in [3.8, 4) is 0 Å². The van der Waals surface area contributed by atoms with Crippen LogP contribution < -0.4 is 4.72 Å². The highest BCUT2D eigenvalue weighted by Gasteiger charge is 2.38. The largest absolute Gasteiger partial charge is 0.415 e. The molecule has 1 unspecified atom stereocenters. The Balaban J connectivity index is 2.91. The van der Waals surface area contributed by atoms with E-state index in [0.717, 1.165) is 6.07 Å². The molecule has 0 aromatic heterocycles. The number of nitrogens with one attached hydrogen (secondary N) is 1. The van der Waals surface area contributed by atoms with Crippen LogP contribution in [-0.4, -0.2) is 32.3 Å². The average molecular weight is 301 g/mol. The first-order valence-electron chi connectivity index (χ1n) is 5.04. The lowest BCUT2D eigenvalue weighted by Gasteiger charge is -2.15. The zero-order chi connectivity index (χ0) is 14.8. The summed E-state index contributed by atoms with van der Waals surface area (Å²) in [5.74, 6) is -0.831. The van der Waals surface area contributed by atoms with E-state index >= 15 is 0 Å². The smallest absolute Gasteiger partial charge is 0.382 e. The molecule has 9 heteroatoms. The highest BCUT2D eigenvalue weighted by molar-refractivity contribution is 7.89. The van der Waals surface area contributed by atoms with Crippen molar-refractivity contribution in [2.45, 2.75) is 24.1 Å². The van der Waals surface area contributed by atoms with Gasteiger partial charge in [-0.3, -0.25) is 0 Å². The third kappa shape index (κ3) is 4.15. The van der Waals surface area contributed by atoms with Crippen LogP contribution in [0.3, 0.4) is 0 Å². The number of sulfonamides is 1. The highest BCUT2D eigenvalue weighted by Crippen LogP contribution is 2.20.